The number of nitrogens with zero attached hydrogens (tertiary/aromatic N) is 3. The minimum Gasteiger partial charge on any atom is -0.271 e. The molecule has 0 amide bonds. The molecule has 1 aromatic heterocycles. The summed E-state index contributed by atoms with van der Waals surface area (Å²) in [6, 6.07) is 7.85. The summed E-state index contributed by atoms with van der Waals surface area (Å²) in [6.07, 6.45) is 3.00. The van der Waals surface area contributed by atoms with Gasteiger partial charge in [-0.2, -0.15) is 5.10 Å². The highest BCUT2D eigenvalue weighted by atomic mass is 35.5. The Bertz CT molecular complexity index is 511. The van der Waals surface area contributed by atoms with Gasteiger partial charge in [-0.1, -0.05) is 29.8 Å². The molecule has 0 aliphatic heterocycles. The number of rotatable bonds is 5. The van der Waals surface area contributed by atoms with E-state index >= 15 is 0 Å². The molecule has 1 unspecified atom stereocenters. The average Bonchev–Trinajstić information content (AvgIpc) is 2.77. The Morgan fingerprint density at radius 2 is 2.17 bits per heavy atom. The van der Waals surface area contributed by atoms with Crippen LogP contribution in [0.15, 0.2) is 30.6 Å². The summed E-state index contributed by atoms with van der Waals surface area (Å²) >= 11 is 6.14. The van der Waals surface area contributed by atoms with Crippen molar-refractivity contribution in [2.45, 2.75) is 18.9 Å². The lowest BCUT2D eigenvalue weighted by Crippen LogP contribution is -2.39. The first-order chi connectivity index (χ1) is 8.70. The molecule has 1 atom stereocenters. The summed E-state index contributed by atoms with van der Waals surface area (Å²) in [5.41, 5.74) is 3.88. The van der Waals surface area contributed by atoms with E-state index in [1.807, 2.05) is 31.3 Å². The van der Waals surface area contributed by atoms with Crippen molar-refractivity contribution in [1.82, 2.24) is 20.2 Å². The Balaban J connectivity index is 2.06. The molecular formula is C12H16ClN5. The first-order valence-electron chi connectivity index (χ1n) is 5.73. The summed E-state index contributed by atoms with van der Waals surface area (Å²) in [5, 5.41) is 4.80. The normalized spacial score (nSPS) is 12.6. The molecule has 1 aromatic carbocycles. The maximum Gasteiger partial charge on any atom is 0.138 e. The Labute approximate surface area is 111 Å². The Kier molecular flexibility index (Phi) is 4.30. The van der Waals surface area contributed by atoms with Crippen LogP contribution in [0.2, 0.25) is 5.02 Å². The predicted molar refractivity (Wildman–Crippen MR) is 71.0 cm³/mol. The molecule has 2 rings (SSSR count). The fraction of sp³-hybridized carbons (Fsp3) is 0.333. The van der Waals surface area contributed by atoms with Crippen molar-refractivity contribution in [1.29, 1.82) is 0 Å². The Morgan fingerprint density at radius 3 is 2.78 bits per heavy atom. The third-order valence-corrected chi connectivity index (χ3v) is 3.26. The maximum absolute atomic E-state index is 6.14. The second-order valence-corrected chi connectivity index (χ2v) is 4.57. The molecule has 0 radical (unpaired) electrons. The van der Waals surface area contributed by atoms with Crippen LogP contribution in [-0.2, 0) is 19.9 Å². The fourth-order valence-corrected chi connectivity index (χ4v) is 2.06. The number of aromatic nitrogens is 3. The van der Waals surface area contributed by atoms with Crippen LogP contribution in [0.5, 0.6) is 0 Å². The molecule has 96 valence electrons. The van der Waals surface area contributed by atoms with Gasteiger partial charge in [0, 0.05) is 24.5 Å². The highest BCUT2D eigenvalue weighted by molar-refractivity contribution is 6.31. The van der Waals surface area contributed by atoms with Gasteiger partial charge in [-0.05, 0) is 18.1 Å². The molecule has 2 aromatic rings. The summed E-state index contributed by atoms with van der Waals surface area (Å²) < 4.78 is 1.75. The van der Waals surface area contributed by atoms with Crippen LogP contribution < -0.4 is 11.3 Å². The van der Waals surface area contributed by atoms with E-state index in [9.17, 15) is 0 Å². The van der Waals surface area contributed by atoms with Crippen LogP contribution >= 0.6 is 11.6 Å². The zero-order valence-electron chi connectivity index (χ0n) is 10.2. The van der Waals surface area contributed by atoms with E-state index in [0.717, 1.165) is 22.8 Å². The molecule has 1 heterocycles. The van der Waals surface area contributed by atoms with Gasteiger partial charge in [0.2, 0.25) is 0 Å². The Morgan fingerprint density at radius 1 is 1.39 bits per heavy atom. The number of hydrazine groups is 1. The van der Waals surface area contributed by atoms with Crippen LogP contribution in [-0.4, -0.2) is 20.8 Å². The molecule has 0 saturated heterocycles. The average molecular weight is 266 g/mol. The van der Waals surface area contributed by atoms with Crippen molar-refractivity contribution in [3.63, 3.8) is 0 Å². The molecule has 0 fully saturated rings. The van der Waals surface area contributed by atoms with Gasteiger partial charge in [-0.25, -0.2) is 4.98 Å². The minimum atomic E-state index is 0.0767. The molecule has 5 nitrogen and oxygen atoms in total. The van der Waals surface area contributed by atoms with Gasteiger partial charge in [0.1, 0.15) is 12.2 Å². The standard InChI is InChI=1S/C12H16ClN5/c1-18-12(15-8-16-18)7-10(17-14)6-9-4-2-3-5-11(9)13/h2-5,8,10,17H,6-7,14H2,1H3. The third kappa shape index (κ3) is 3.07. The van der Waals surface area contributed by atoms with Crippen LogP contribution in [0.3, 0.4) is 0 Å². The van der Waals surface area contributed by atoms with Gasteiger partial charge < -0.3 is 0 Å². The smallest absolute Gasteiger partial charge is 0.138 e. The van der Waals surface area contributed by atoms with E-state index in [2.05, 4.69) is 15.5 Å². The fourth-order valence-electron chi connectivity index (χ4n) is 1.84. The molecule has 0 spiro atoms. The lowest BCUT2D eigenvalue weighted by molar-refractivity contribution is 0.499. The van der Waals surface area contributed by atoms with Crippen molar-refractivity contribution in [2.24, 2.45) is 12.9 Å². The minimum absolute atomic E-state index is 0.0767. The van der Waals surface area contributed by atoms with Gasteiger partial charge in [0.05, 0.1) is 0 Å². The lowest BCUT2D eigenvalue weighted by Gasteiger charge is -2.16. The molecule has 3 N–H and O–H groups in total. The SMILES string of the molecule is Cn1ncnc1CC(Cc1ccccc1Cl)NN. The van der Waals surface area contributed by atoms with Crippen molar-refractivity contribution in [2.75, 3.05) is 0 Å². The van der Waals surface area contributed by atoms with Crippen molar-refractivity contribution in [3.05, 3.63) is 47.0 Å². The highest BCUT2D eigenvalue weighted by Gasteiger charge is 2.13. The largest absolute Gasteiger partial charge is 0.271 e. The zero-order valence-corrected chi connectivity index (χ0v) is 10.9. The summed E-state index contributed by atoms with van der Waals surface area (Å²) in [4.78, 5) is 4.19. The van der Waals surface area contributed by atoms with Crippen LogP contribution in [0, 0.1) is 0 Å². The number of hydrogen-bond donors (Lipinski definition) is 2. The van der Waals surface area contributed by atoms with Gasteiger partial charge in [-0.15, -0.1) is 0 Å². The number of benzene rings is 1. The number of halogens is 1. The summed E-state index contributed by atoms with van der Waals surface area (Å²) in [5.74, 6) is 6.48. The number of nitrogens with two attached hydrogens (primary N) is 1. The van der Waals surface area contributed by atoms with Crippen molar-refractivity contribution in [3.8, 4) is 0 Å². The van der Waals surface area contributed by atoms with E-state index < -0.39 is 0 Å². The van der Waals surface area contributed by atoms with Gasteiger partial charge in [-0.3, -0.25) is 16.0 Å². The predicted octanol–water partition coefficient (Wildman–Crippen LogP) is 1.09. The summed E-state index contributed by atoms with van der Waals surface area (Å²) in [7, 11) is 1.87. The van der Waals surface area contributed by atoms with Crippen molar-refractivity contribution < 1.29 is 0 Å². The van der Waals surface area contributed by atoms with Crippen LogP contribution in [0.25, 0.3) is 0 Å². The molecule has 0 aliphatic carbocycles. The molecule has 6 heteroatoms. The van der Waals surface area contributed by atoms with Crippen molar-refractivity contribution >= 4 is 11.6 Å². The van der Waals surface area contributed by atoms with E-state index in [-0.39, 0.29) is 6.04 Å². The highest BCUT2D eigenvalue weighted by Crippen LogP contribution is 2.17. The van der Waals surface area contributed by atoms with E-state index in [4.69, 9.17) is 17.4 Å². The first kappa shape index (κ1) is 13.0. The van der Waals surface area contributed by atoms with Crippen LogP contribution in [0.1, 0.15) is 11.4 Å². The second kappa shape index (κ2) is 5.95. The van der Waals surface area contributed by atoms with Gasteiger partial charge >= 0.3 is 0 Å². The van der Waals surface area contributed by atoms with Gasteiger partial charge in [0.25, 0.3) is 0 Å². The molecule has 18 heavy (non-hydrogen) atoms. The van der Waals surface area contributed by atoms with Gasteiger partial charge in [0.15, 0.2) is 0 Å². The van der Waals surface area contributed by atoms with Crippen LogP contribution in [0.4, 0.5) is 0 Å². The number of nitrogens with one attached hydrogen (secondary N) is 1. The number of aryl methyl sites for hydroxylation is 1. The third-order valence-electron chi connectivity index (χ3n) is 2.89. The van der Waals surface area contributed by atoms with E-state index in [1.54, 1.807) is 11.0 Å². The Hall–Kier alpha value is -1.43. The monoisotopic (exact) mass is 265 g/mol. The zero-order chi connectivity index (χ0) is 13.0. The first-order valence-corrected chi connectivity index (χ1v) is 6.11. The quantitative estimate of drug-likeness (QED) is 0.627. The second-order valence-electron chi connectivity index (χ2n) is 4.16. The van der Waals surface area contributed by atoms with E-state index in [0.29, 0.717) is 6.42 Å². The molecule has 0 saturated carbocycles. The van der Waals surface area contributed by atoms with E-state index in [1.165, 1.54) is 0 Å². The number of hydrogen-bond acceptors (Lipinski definition) is 4. The lowest BCUT2D eigenvalue weighted by atomic mass is 10.0. The summed E-state index contributed by atoms with van der Waals surface area (Å²) in [6.45, 7) is 0. The molecule has 0 aliphatic rings. The molecular weight excluding hydrogens is 250 g/mol. The molecule has 0 bridgehead atoms. The topological polar surface area (TPSA) is 68.8 Å². The maximum atomic E-state index is 6.14.